The summed E-state index contributed by atoms with van der Waals surface area (Å²) in [5, 5.41) is 2.52. The Hall–Kier alpha value is -2.04. The van der Waals surface area contributed by atoms with Gasteiger partial charge in [-0.05, 0) is 32.3 Å². The second-order valence-electron chi connectivity index (χ2n) is 5.49. The number of nitrogens with zero attached hydrogens (tertiary/aromatic N) is 1. The van der Waals surface area contributed by atoms with Crippen LogP contribution in [0.5, 0.6) is 0 Å². The van der Waals surface area contributed by atoms with E-state index < -0.39 is 6.09 Å². The second-order valence-corrected chi connectivity index (χ2v) is 5.49. The molecule has 2 rings (SSSR count). The molecule has 0 spiro atoms. The minimum Gasteiger partial charge on any atom is -0.445 e. The number of carbonyl (C=O) groups excluding carboxylic acids is 2. The Morgan fingerprint density at radius 2 is 1.81 bits per heavy atom. The minimum absolute atomic E-state index is 0.0116. The van der Waals surface area contributed by atoms with Gasteiger partial charge >= 0.3 is 6.09 Å². The van der Waals surface area contributed by atoms with Gasteiger partial charge < -0.3 is 15.0 Å². The Bertz CT molecular complexity index is 480. The van der Waals surface area contributed by atoms with Crippen LogP contribution in [0.3, 0.4) is 0 Å². The van der Waals surface area contributed by atoms with Crippen LogP contribution in [0.1, 0.15) is 32.3 Å². The smallest absolute Gasteiger partial charge is 0.407 e. The monoisotopic (exact) mass is 290 g/mol. The normalized spacial score (nSPS) is 21.1. The molecule has 5 heteroatoms. The molecule has 1 heterocycles. The Morgan fingerprint density at radius 3 is 2.43 bits per heavy atom. The quantitative estimate of drug-likeness (QED) is 0.925. The van der Waals surface area contributed by atoms with E-state index in [1.165, 1.54) is 0 Å². The number of alkyl carbamates (subject to hydrolysis) is 1. The topological polar surface area (TPSA) is 58.6 Å². The third-order valence-corrected chi connectivity index (χ3v) is 3.84. The molecule has 1 fully saturated rings. The largest absolute Gasteiger partial charge is 0.445 e. The number of ether oxygens (including phenoxy) is 1. The van der Waals surface area contributed by atoms with Crippen LogP contribution in [0.4, 0.5) is 4.79 Å². The number of hydrogen-bond acceptors (Lipinski definition) is 3. The van der Waals surface area contributed by atoms with Crippen LogP contribution in [0.25, 0.3) is 0 Å². The van der Waals surface area contributed by atoms with Crippen molar-refractivity contribution in [3.63, 3.8) is 0 Å². The maximum Gasteiger partial charge on any atom is 0.407 e. The molecular weight excluding hydrogens is 268 g/mol. The summed E-state index contributed by atoms with van der Waals surface area (Å²) < 4.78 is 5.07. The number of rotatable bonds is 4. The second kappa shape index (κ2) is 7.11. The molecular formula is C16H22N2O3. The van der Waals surface area contributed by atoms with Crippen LogP contribution in [-0.4, -0.2) is 35.5 Å². The van der Waals surface area contributed by atoms with E-state index in [1.54, 1.807) is 0 Å². The SMILES string of the molecule is C[C@@H]1CC[C@@H](C)N1C(=O)CNC(=O)OCc1ccccc1. The lowest BCUT2D eigenvalue weighted by Gasteiger charge is -2.26. The predicted molar refractivity (Wildman–Crippen MR) is 79.6 cm³/mol. The van der Waals surface area contributed by atoms with Crippen molar-refractivity contribution < 1.29 is 14.3 Å². The summed E-state index contributed by atoms with van der Waals surface area (Å²) in [6.07, 6.45) is 1.48. The highest BCUT2D eigenvalue weighted by Crippen LogP contribution is 2.23. The molecule has 1 aromatic rings. The average Bonchev–Trinajstić information content (AvgIpc) is 2.83. The van der Waals surface area contributed by atoms with Crippen LogP contribution in [0.2, 0.25) is 0 Å². The fourth-order valence-corrected chi connectivity index (χ4v) is 2.70. The van der Waals surface area contributed by atoms with Crippen molar-refractivity contribution in [2.24, 2.45) is 0 Å². The van der Waals surface area contributed by atoms with Crippen LogP contribution >= 0.6 is 0 Å². The maximum atomic E-state index is 12.1. The molecule has 0 aromatic heterocycles. The first kappa shape index (κ1) is 15.4. The predicted octanol–water partition coefficient (Wildman–Crippen LogP) is 2.31. The molecule has 1 saturated heterocycles. The first-order chi connectivity index (χ1) is 10.1. The molecule has 1 aliphatic rings. The molecule has 1 aliphatic heterocycles. The lowest BCUT2D eigenvalue weighted by atomic mass is 10.2. The van der Waals surface area contributed by atoms with Gasteiger partial charge in [0.1, 0.15) is 13.2 Å². The third-order valence-electron chi connectivity index (χ3n) is 3.84. The lowest BCUT2D eigenvalue weighted by Crippen LogP contribution is -2.44. The Balaban J connectivity index is 1.72. The van der Waals surface area contributed by atoms with E-state index in [2.05, 4.69) is 5.32 Å². The zero-order chi connectivity index (χ0) is 15.2. The summed E-state index contributed by atoms with van der Waals surface area (Å²) in [5.74, 6) is -0.0517. The van der Waals surface area contributed by atoms with Gasteiger partial charge in [0.15, 0.2) is 0 Å². The summed E-state index contributed by atoms with van der Waals surface area (Å²) in [5.41, 5.74) is 0.917. The van der Waals surface area contributed by atoms with E-state index >= 15 is 0 Å². The van der Waals surface area contributed by atoms with E-state index in [9.17, 15) is 9.59 Å². The van der Waals surface area contributed by atoms with Gasteiger partial charge in [-0.15, -0.1) is 0 Å². The zero-order valence-corrected chi connectivity index (χ0v) is 12.5. The van der Waals surface area contributed by atoms with Gasteiger partial charge in [-0.1, -0.05) is 30.3 Å². The molecule has 0 saturated carbocycles. The van der Waals surface area contributed by atoms with Crippen LogP contribution in [0.15, 0.2) is 30.3 Å². The first-order valence-electron chi connectivity index (χ1n) is 7.33. The van der Waals surface area contributed by atoms with E-state index in [4.69, 9.17) is 4.74 Å². The molecule has 21 heavy (non-hydrogen) atoms. The van der Waals surface area contributed by atoms with Crippen molar-refractivity contribution in [2.45, 2.75) is 45.4 Å². The highest BCUT2D eigenvalue weighted by atomic mass is 16.5. The van der Waals surface area contributed by atoms with Crippen molar-refractivity contribution in [2.75, 3.05) is 6.54 Å². The molecule has 0 unspecified atom stereocenters. The molecule has 1 N–H and O–H groups in total. The van der Waals surface area contributed by atoms with E-state index in [1.807, 2.05) is 49.1 Å². The van der Waals surface area contributed by atoms with E-state index in [0.717, 1.165) is 18.4 Å². The van der Waals surface area contributed by atoms with Gasteiger partial charge in [0.05, 0.1) is 0 Å². The van der Waals surface area contributed by atoms with Crippen molar-refractivity contribution >= 4 is 12.0 Å². The summed E-state index contributed by atoms with van der Waals surface area (Å²) in [6.45, 7) is 4.27. The maximum absolute atomic E-state index is 12.1. The van der Waals surface area contributed by atoms with E-state index in [-0.39, 0.29) is 31.1 Å². The number of nitrogens with one attached hydrogen (secondary N) is 1. The van der Waals surface area contributed by atoms with Gasteiger partial charge in [0, 0.05) is 12.1 Å². The van der Waals surface area contributed by atoms with Crippen molar-refractivity contribution in [3.05, 3.63) is 35.9 Å². The zero-order valence-electron chi connectivity index (χ0n) is 12.5. The Labute approximate surface area is 125 Å². The Morgan fingerprint density at radius 1 is 1.19 bits per heavy atom. The van der Waals surface area contributed by atoms with Crippen molar-refractivity contribution in [1.82, 2.24) is 10.2 Å². The van der Waals surface area contributed by atoms with Gasteiger partial charge in [0.25, 0.3) is 0 Å². The fraction of sp³-hybridized carbons (Fsp3) is 0.500. The van der Waals surface area contributed by atoms with Crippen LogP contribution in [-0.2, 0) is 16.1 Å². The number of hydrogen-bond donors (Lipinski definition) is 1. The highest BCUT2D eigenvalue weighted by molar-refractivity contribution is 5.82. The highest BCUT2D eigenvalue weighted by Gasteiger charge is 2.31. The molecule has 0 radical (unpaired) electrons. The Kier molecular flexibility index (Phi) is 5.20. The van der Waals surface area contributed by atoms with Gasteiger partial charge in [-0.25, -0.2) is 4.79 Å². The molecule has 2 atom stereocenters. The molecule has 2 amide bonds. The van der Waals surface area contributed by atoms with E-state index in [0.29, 0.717) is 0 Å². The number of amides is 2. The lowest BCUT2D eigenvalue weighted by molar-refractivity contribution is -0.132. The number of carbonyl (C=O) groups is 2. The number of benzene rings is 1. The minimum atomic E-state index is -0.563. The summed E-state index contributed by atoms with van der Waals surface area (Å²) in [7, 11) is 0. The fourth-order valence-electron chi connectivity index (χ4n) is 2.70. The van der Waals surface area contributed by atoms with Crippen molar-refractivity contribution in [3.8, 4) is 0 Å². The molecule has 0 aliphatic carbocycles. The first-order valence-corrected chi connectivity index (χ1v) is 7.33. The van der Waals surface area contributed by atoms with Crippen molar-refractivity contribution in [1.29, 1.82) is 0 Å². The van der Waals surface area contributed by atoms with Gasteiger partial charge in [-0.3, -0.25) is 4.79 Å². The average molecular weight is 290 g/mol. The van der Waals surface area contributed by atoms with Gasteiger partial charge in [-0.2, -0.15) is 0 Å². The summed E-state index contributed by atoms with van der Waals surface area (Å²) in [6, 6.07) is 9.93. The molecule has 0 bridgehead atoms. The number of likely N-dealkylation sites (tertiary alicyclic amines) is 1. The van der Waals surface area contributed by atoms with Gasteiger partial charge in [0.2, 0.25) is 5.91 Å². The third kappa shape index (κ3) is 4.21. The molecule has 1 aromatic carbocycles. The summed E-state index contributed by atoms with van der Waals surface area (Å²) in [4.78, 5) is 25.5. The van der Waals surface area contributed by atoms with Crippen LogP contribution < -0.4 is 5.32 Å². The molecule has 114 valence electrons. The molecule has 5 nitrogen and oxygen atoms in total. The van der Waals surface area contributed by atoms with Crippen LogP contribution in [0, 0.1) is 0 Å². The standard InChI is InChI=1S/C16H22N2O3/c1-12-8-9-13(2)18(12)15(19)10-17-16(20)21-11-14-6-4-3-5-7-14/h3-7,12-13H,8-11H2,1-2H3,(H,17,20)/t12-,13-/m1/s1. The summed E-state index contributed by atoms with van der Waals surface area (Å²) >= 11 is 0.